The van der Waals surface area contributed by atoms with Gasteiger partial charge >= 0.3 is 0 Å². The summed E-state index contributed by atoms with van der Waals surface area (Å²) in [6, 6.07) is 14.7. The standard InChI is InChI=1S/C20H21NO4S/c1-4-24-20-13-16(10-11-19(20)25-15(2)3)12-18(14-21)26(22,23)17-8-6-5-7-9-17/h5-13,15H,4H2,1-3H3. The third-order valence-corrected chi connectivity index (χ3v) is 5.06. The predicted molar refractivity (Wildman–Crippen MR) is 101 cm³/mol. The molecule has 0 spiro atoms. The molecule has 0 aliphatic rings. The van der Waals surface area contributed by atoms with Crippen LogP contribution in [0.1, 0.15) is 26.3 Å². The third kappa shape index (κ3) is 4.64. The van der Waals surface area contributed by atoms with Crippen molar-refractivity contribution >= 4 is 15.9 Å². The maximum absolute atomic E-state index is 12.6. The summed E-state index contributed by atoms with van der Waals surface area (Å²) in [7, 11) is -3.88. The Hall–Kier alpha value is -2.78. The van der Waals surface area contributed by atoms with Gasteiger partial charge in [-0.25, -0.2) is 8.42 Å². The summed E-state index contributed by atoms with van der Waals surface area (Å²) in [6.45, 7) is 6.10. The molecule has 5 nitrogen and oxygen atoms in total. The van der Waals surface area contributed by atoms with Crippen LogP contribution in [0.5, 0.6) is 11.5 Å². The molecular weight excluding hydrogens is 350 g/mol. The van der Waals surface area contributed by atoms with E-state index in [2.05, 4.69) is 0 Å². The lowest BCUT2D eigenvalue weighted by Gasteiger charge is -2.15. The van der Waals surface area contributed by atoms with Gasteiger partial charge in [0.05, 0.1) is 17.6 Å². The molecule has 0 amide bonds. The zero-order valence-electron chi connectivity index (χ0n) is 15.0. The first-order valence-electron chi connectivity index (χ1n) is 8.24. The molecule has 0 aromatic heterocycles. The highest BCUT2D eigenvalue weighted by molar-refractivity contribution is 7.95. The molecule has 0 atom stereocenters. The predicted octanol–water partition coefficient (Wildman–Crippen LogP) is 4.21. The molecule has 26 heavy (non-hydrogen) atoms. The molecule has 0 saturated carbocycles. The van der Waals surface area contributed by atoms with E-state index in [0.717, 1.165) is 0 Å². The molecule has 6 heteroatoms. The highest BCUT2D eigenvalue weighted by atomic mass is 32.2. The topological polar surface area (TPSA) is 76.4 Å². The van der Waals surface area contributed by atoms with Crippen molar-refractivity contribution in [1.29, 1.82) is 5.26 Å². The minimum atomic E-state index is -3.88. The van der Waals surface area contributed by atoms with Gasteiger partial charge in [0.25, 0.3) is 0 Å². The molecule has 0 aliphatic heterocycles. The van der Waals surface area contributed by atoms with E-state index in [4.69, 9.17) is 9.47 Å². The maximum atomic E-state index is 12.6. The van der Waals surface area contributed by atoms with Crippen molar-refractivity contribution in [2.24, 2.45) is 0 Å². The second-order valence-corrected chi connectivity index (χ2v) is 7.66. The fourth-order valence-electron chi connectivity index (χ4n) is 2.28. The lowest BCUT2D eigenvalue weighted by atomic mass is 10.2. The zero-order valence-corrected chi connectivity index (χ0v) is 15.8. The summed E-state index contributed by atoms with van der Waals surface area (Å²) >= 11 is 0. The Morgan fingerprint density at radius 3 is 2.42 bits per heavy atom. The summed E-state index contributed by atoms with van der Waals surface area (Å²) < 4.78 is 36.6. The highest BCUT2D eigenvalue weighted by Crippen LogP contribution is 2.31. The summed E-state index contributed by atoms with van der Waals surface area (Å²) in [5.41, 5.74) is 0.542. The number of hydrogen-bond donors (Lipinski definition) is 0. The van der Waals surface area contributed by atoms with Crippen molar-refractivity contribution < 1.29 is 17.9 Å². The van der Waals surface area contributed by atoms with Crippen LogP contribution < -0.4 is 9.47 Å². The Labute approximate surface area is 154 Å². The van der Waals surface area contributed by atoms with Crippen molar-refractivity contribution in [3.63, 3.8) is 0 Å². The van der Waals surface area contributed by atoms with Gasteiger partial charge in [-0.15, -0.1) is 0 Å². The summed E-state index contributed by atoms with van der Waals surface area (Å²) in [5, 5.41) is 9.38. The Kier molecular flexibility index (Phi) is 6.42. The molecule has 2 rings (SSSR count). The van der Waals surface area contributed by atoms with Crippen LogP contribution in [-0.2, 0) is 9.84 Å². The second-order valence-electron chi connectivity index (χ2n) is 5.74. The van der Waals surface area contributed by atoms with E-state index in [-0.39, 0.29) is 15.9 Å². The first-order chi connectivity index (χ1) is 12.4. The molecule has 0 radical (unpaired) electrons. The molecule has 0 bridgehead atoms. The fourth-order valence-corrected chi connectivity index (χ4v) is 3.46. The van der Waals surface area contributed by atoms with Gasteiger partial charge in [0.2, 0.25) is 9.84 Å². The largest absolute Gasteiger partial charge is 0.490 e. The van der Waals surface area contributed by atoms with Crippen molar-refractivity contribution in [2.75, 3.05) is 6.61 Å². The summed E-state index contributed by atoms with van der Waals surface area (Å²) in [4.78, 5) is -0.249. The number of benzene rings is 2. The quantitative estimate of drug-likeness (QED) is 0.681. The molecular formula is C20H21NO4S. The van der Waals surface area contributed by atoms with Crippen LogP contribution in [0.4, 0.5) is 0 Å². The van der Waals surface area contributed by atoms with Gasteiger partial charge in [0, 0.05) is 0 Å². The first kappa shape index (κ1) is 19.5. The Balaban J connectivity index is 2.46. The van der Waals surface area contributed by atoms with Gasteiger partial charge in [0.1, 0.15) is 11.0 Å². The van der Waals surface area contributed by atoms with Crippen molar-refractivity contribution in [2.45, 2.75) is 31.8 Å². The third-order valence-electron chi connectivity index (χ3n) is 3.38. The van der Waals surface area contributed by atoms with Crippen molar-refractivity contribution in [3.8, 4) is 17.6 Å². The number of nitriles is 1. The molecule has 0 N–H and O–H groups in total. The number of hydrogen-bond acceptors (Lipinski definition) is 5. The van der Waals surface area contributed by atoms with Gasteiger partial charge in [-0.1, -0.05) is 24.3 Å². The fraction of sp³-hybridized carbons (Fsp3) is 0.250. The zero-order chi connectivity index (χ0) is 19.2. The number of nitrogens with zero attached hydrogens (tertiary/aromatic N) is 1. The Morgan fingerprint density at radius 1 is 1.15 bits per heavy atom. The number of rotatable bonds is 7. The van der Waals surface area contributed by atoms with Crippen LogP contribution in [0, 0.1) is 11.3 Å². The van der Waals surface area contributed by atoms with Gasteiger partial charge < -0.3 is 9.47 Å². The summed E-state index contributed by atoms with van der Waals surface area (Å²) in [5.74, 6) is 1.08. The molecule has 0 heterocycles. The van der Waals surface area contributed by atoms with Gasteiger partial charge in [0.15, 0.2) is 11.5 Å². The van der Waals surface area contributed by atoms with Gasteiger partial charge in [-0.2, -0.15) is 5.26 Å². The van der Waals surface area contributed by atoms with E-state index in [1.807, 2.05) is 20.8 Å². The van der Waals surface area contributed by atoms with Crippen LogP contribution in [0.3, 0.4) is 0 Å². The normalized spacial score (nSPS) is 11.9. The van der Waals surface area contributed by atoms with Crippen molar-refractivity contribution in [1.82, 2.24) is 0 Å². The molecule has 0 fully saturated rings. The van der Waals surface area contributed by atoms with Crippen LogP contribution in [0.2, 0.25) is 0 Å². The van der Waals surface area contributed by atoms with E-state index in [1.54, 1.807) is 42.5 Å². The summed E-state index contributed by atoms with van der Waals surface area (Å²) in [6.07, 6.45) is 1.31. The van der Waals surface area contributed by atoms with Crippen LogP contribution in [0.25, 0.3) is 6.08 Å². The molecule has 136 valence electrons. The second kappa shape index (κ2) is 8.54. The van der Waals surface area contributed by atoms with Crippen LogP contribution in [-0.4, -0.2) is 21.1 Å². The van der Waals surface area contributed by atoms with E-state index in [1.165, 1.54) is 18.2 Å². The minimum absolute atomic E-state index is 0.0243. The Bertz CT molecular complexity index is 926. The SMILES string of the molecule is CCOc1cc(C=C(C#N)S(=O)(=O)c2ccccc2)ccc1OC(C)C. The minimum Gasteiger partial charge on any atom is -0.490 e. The number of sulfone groups is 1. The monoisotopic (exact) mass is 371 g/mol. The van der Waals surface area contributed by atoms with E-state index >= 15 is 0 Å². The lowest BCUT2D eigenvalue weighted by molar-refractivity contribution is 0.224. The van der Waals surface area contributed by atoms with Gasteiger partial charge in [-0.3, -0.25) is 0 Å². The average molecular weight is 371 g/mol. The van der Waals surface area contributed by atoms with Crippen LogP contribution >= 0.6 is 0 Å². The van der Waals surface area contributed by atoms with E-state index in [9.17, 15) is 13.7 Å². The molecule has 2 aromatic carbocycles. The smallest absolute Gasteiger partial charge is 0.216 e. The number of allylic oxidation sites excluding steroid dienone is 1. The Morgan fingerprint density at radius 2 is 1.85 bits per heavy atom. The maximum Gasteiger partial charge on any atom is 0.216 e. The molecule has 0 unspecified atom stereocenters. The van der Waals surface area contributed by atoms with Crippen molar-refractivity contribution in [3.05, 3.63) is 59.0 Å². The highest BCUT2D eigenvalue weighted by Gasteiger charge is 2.20. The van der Waals surface area contributed by atoms with E-state index in [0.29, 0.717) is 23.7 Å². The lowest BCUT2D eigenvalue weighted by Crippen LogP contribution is -2.07. The van der Waals surface area contributed by atoms with Gasteiger partial charge in [-0.05, 0) is 56.7 Å². The molecule has 0 saturated heterocycles. The average Bonchev–Trinajstić information content (AvgIpc) is 2.62. The van der Waals surface area contributed by atoms with E-state index < -0.39 is 9.84 Å². The molecule has 0 aliphatic carbocycles. The molecule has 2 aromatic rings. The van der Waals surface area contributed by atoms with Crippen LogP contribution in [0.15, 0.2) is 58.3 Å². The first-order valence-corrected chi connectivity index (χ1v) is 9.72. The number of ether oxygens (including phenoxy) is 2.